The first-order chi connectivity index (χ1) is 9.19. The number of aliphatic hydroxyl groups excluding tert-OH is 1. The summed E-state index contributed by atoms with van der Waals surface area (Å²) in [6.07, 6.45) is 5.90. The van der Waals surface area contributed by atoms with Gasteiger partial charge in [0.05, 0.1) is 24.4 Å². The molecule has 0 aliphatic carbocycles. The summed E-state index contributed by atoms with van der Waals surface area (Å²) >= 11 is 5.84. The largest absolute Gasteiger partial charge is 0.395 e. The van der Waals surface area contributed by atoms with E-state index in [2.05, 4.69) is 21.9 Å². The number of likely N-dealkylation sites (tertiary alicyclic amines) is 1. The third-order valence-corrected chi connectivity index (χ3v) is 4.08. The zero-order valence-electron chi connectivity index (χ0n) is 11.5. The molecule has 2 rings (SSSR count). The second-order valence-electron chi connectivity index (χ2n) is 5.20. The molecule has 5 nitrogen and oxygen atoms in total. The molecule has 1 aromatic heterocycles. The first-order valence-electron chi connectivity index (χ1n) is 6.90. The van der Waals surface area contributed by atoms with Gasteiger partial charge in [0.1, 0.15) is 0 Å². The Morgan fingerprint density at radius 3 is 2.74 bits per heavy atom. The second-order valence-corrected chi connectivity index (χ2v) is 5.64. The molecule has 0 radical (unpaired) electrons. The van der Waals surface area contributed by atoms with E-state index in [1.807, 2.05) is 10.9 Å². The monoisotopic (exact) mass is 286 g/mol. The first-order valence-corrected chi connectivity index (χ1v) is 7.28. The van der Waals surface area contributed by atoms with E-state index in [0.717, 1.165) is 32.7 Å². The molecule has 0 unspecified atom stereocenters. The van der Waals surface area contributed by atoms with Crippen LogP contribution in [0.2, 0.25) is 5.02 Å². The Balaban J connectivity index is 1.68. The molecule has 0 amide bonds. The van der Waals surface area contributed by atoms with Crippen molar-refractivity contribution >= 4 is 11.6 Å². The molecule has 1 aliphatic heterocycles. The maximum Gasteiger partial charge on any atom is 0.0785 e. The minimum atomic E-state index is 0.247. The van der Waals surface area contributed by atoms with Gasteiger partial charge in [-0.2, -0.15) is 5.10 Å². The van der Waals surface area contributed by atoms with Crippen LogP contribution in [-0.2, 0) is 6.54 Å². The third-order valence-electron chi connectivity index (χ3n) is 3.88. The molecule has 1 fully saturated rings. The molecule has 0 spiro atoms. The van der Waals surface area contributed by atoms with Crippen molar-refractivity contribution < 1.29 is 5.11 Å². The maximum atomic E-state index is 8.96. The molecule has 108 valence electrons. The number of nitrogens with zero attached hydrogens (tertiary/aromatic N) is 4. The van der Waals surface area contributed by atoms with Gasteiger partial charge in [0.2, 0.25) is 0 Å². The molecule has 1 N–H and O–H groups in total. The lowest BCUT2D eigenvalue weighted by atomic mass is 10.0. The average molecular weight is 287 g/mol. The van der Waals surface area contributed by atoms with Crippen LogP contribution in [0.25, 0.3) is 0 Å². The van der Waals surface area contributed by atoms with Crippen LogP contribution in [0.1, 0.15) is 12.8 Å². The van der Waals surface area contributed by atoms with Crippen molar-refractivity contribution in [3.63, 3.8) is 0 Å². The van der Waals surface area contributed by atoms with E-state index < -0.39 is 0 Å². The van der Waals surface area contributed by atoms with Gasteiger partial charge in [-0.15, -0.1) is 0 Å². The number of hydrogen-bond donors (Lipinski definition) is 1. The summed E-state index contributed by atoms with van der Waals surface area (Å²) in [7, 11) is 2.10. The van der Waals surface area contributed by atoms with Gasteiger partial charge in [-0.05, 0) is 33.0 Å². The summed E-state index contributed by atoms with van der Waals surface area (Å²) in [5.74, 6) is 0. The Labute approximate surface area is 119 Å². The molecule has 0 aromatic carbocycles. The highest BCUT2D eigenvalue weighted by Crippen LogP contribution is 2.15. The highest BCUT2D eigenvalue weighted by Gasteiger charge is 2.21. The quantitative estimate of drug-likeness (QED) is 0.845. The van der Waals surface area contributed by atoms with Gasteiger partial charge in [-0.25, -0.2) is 0 Å². The van der Waals surface area contributed by atoms with Crippen LogP contribution in [0, 0.1) is 0 Å². The molecule has 0 bridgehead atoms. The Morgan fingerprint density at radius 1 is 1.42 bits per heavy atom. The number of aromatic nitrogens is 2. The van der Waals surface area contributed by atoms with Crippen molar-refractivity contribution in [3.05, 3.63) is 17.4 Å². The summed E-state index contributed by atoms with van der Waals surface area (Å²) in [4.78, 5) is 4.74. The van der Waals surface area contributed by atoms with E-state index in [9.17, 15) is 0 Å². The standard InChI is InChI=1S/C13H23ClN4O/c1-16(8-9-19)13-2-4-17(5-3-13)6-7-18-11-12(14)10-15-18/h10-11,13,19H,2-9H2,1H3. The Hall–Kier alpha value is -0.620. The minimum Gasteiger partial charge on any atom is -0.395 e. The molecule has 0 saturated carbocycles. The summed E-state index contributed by atoms with van der Waals surface area (Å²) in [6.45, 7) is 5.18. The van der Waals surface area contributed by atoms with Crippen molar-refractivity contribution in [2.45, 2.75) is 25.4 Å². The maximum absolute atomic E-state index is 8.96. The van der Waals surface area contributed by atoms with Gasteiger partial charge in [0, 0.05) is 25.3 Å². The van der Waals surface area contributed by atoms with Crippen molar-refractivity contribution in [2.24, 2.45) is 0 Å². The Kier molecular flexibility index (Phi) is 5.63. The highest BCUT2D eigenvalue weighted by atomic mass is 35.5. The van der Waals surface area contributed by atoms with Crippen LogP contribution in [0.5, 0.6) is 0 Å². The summed E-state index contributed by atoms with van der Waals surface area (Å²) in [6, 6.07) is 0.613. The summed E-state index contributed by atoms with van der Waals surface area (Å²) < 4.78 is 1.90. The summed E-state index contributed by atoms with van der Waals surface area (Å²) in [5, 5.41) is 13.8. The number of piperidine rings is 1. The lowest BCUT2D eigenvalue weighted by molar-refractivity contribution is 0.108. The normalized spacial score (nSPS) is 18.3. The number of likely N-dealkylation sites (N-methyl/N-ethyl adjacent to an activating group) is 1. The lowest BCUT2D eigenvalue weighted by Crippen LogP contribution is -2.44. The zero-order chi connectivity index (χ0) is 13.7. The van der Waals surface area contributed by atoms with E-state index in [1.165, 1.54) is 12.8 Å². The fraction of sp³-hybridized carbons (Fsp3) is 0.769. The predicted octanol–water partition coefficient (Wildman–Crippen LogP) is 0.925. The first kappa shape index (κ1) is 14.8. The molecular weight excluding hydrogens is 264 g/mol. The zero-order valence-corrected chi connectivity index (χ0v) is 12.3. The molecule has 1 aromatic rings. The average Bonchev–Trinajstić information content (AvgIpc) is 2.83. The van der Waals surface area contributed by atoms with Gasteiger partial charge >= 0.3 is 0 Å². The van der Waals surface area contributed by atoms with Crippen molar-refractivity contribution in [1.29, 1.82) is 0 Å². The van der Waals surface area contributed by atoms with Crippen molar-refractivity contribution in [2.75, 3.05) is 39.8 Å². The van der Waals surface area contributed by atoms with Gasteiger partial charge < -0.3 is 14.9 Å². The molecule has 2 heterocycles. The van der Waals surface area contributed by atoms with E-state index in [-0.39, 0.29) is 6.61 Å². The van der Waals surface area contributed by atoms with Crippen LogP contribution in [-0.4, -0.2) is 70.6 Å². The number of hydrogen-bond acceptors (Lipinski definition) is 4. The molecular formula is C13H23ClN4O. The third kappa shape index (κ3) is 4.45. The van der Waals surface area contributed by atoms with E-state index in [0.29, 0.717) is 11.1 Å². The van der Waals surface area contributed by atoms with E-state index in [4.69, 9.17) is 16.7 Å². The fourth-order valence-corrected chi connectivity index (χ4v) is 2.78. The van der Waals surface area contributed by atoms with Crippen molar-refractivity contribution in [1.82, 2.24) is 19.6 Å². The number of aliphatic hydroxyl groups is 1. The number of halogens is 1. The Morgan fingerprint density at radius 2 is 2.16 bits per heavy atom. The Bertz CT molecular complexity index is 376. The van der Waals surface area contributed by atoms with Crippen LogP contribution in [0.4, 0.5) is 0 Å². The lowest BCUT2D eigenvalue weighted by Gasteiger charge is -2.36. The van der Waals surface area contributed by atoms with Gasteiger partial charge in [-0.3, -0.25) is 4.68 Å². The predicted molar refractivity (Wildman–Crippen MR) is 76.4 cm³/mol. The van der Waals surface area contributed by atoms with Gasteiger partial charge in [-0.1, -0.05) is 11.6 Å². The van der Waals surface area contributed by atoms with Crippen LogP contribution in [0.3, 0.4) is 0 Å². The molecule has 1 aliphatic rings. The van der Waals surface area contributed by atoms with Gasteiger partial charge in [0.15, 0.2) is 0 Å². The highest BCUT2D eigenvalue weighted by molar-refractivity contribution is 6.30. The smallest absolute Gasteiger partial charge is 0.0785 e. The second kappa shape index (κ2) is 7.24. The van der Waals surface area contributed by atoms with Crippen molar-refractivity contribution in [3.8, 4) is 0 Å². The van der Waals surface area contributed by atoms with Crippen LogP contribution >= 0.6 is 11.6 Å². The minimum absolute atomic E-state index is 0.247. The molecule has 19 heavy (non-hydrogen) atoms. The fourth-order valence-electron chi connectivity index (χ4n) is 2.63. The molecule has 6 heteroatoms. The van der Waals surface area contributed by atoms with Crippen LogP contribution < -0.4 is 0 Å². The molecule has 1 saturated heterocycles. The SMILES string of the molecule is CN(CCO)C1CCN(CCn2cc(Cl)cn2)CC1. The topological polar surface area (TPSA) is 44.5 Å². The van der Waals surface area contributed by atoms with E-state index in [1.54, 1.807) is 6.20 Å². The van der Waals surface area contributed by atoms with Gasteiger partial charge in [0.25, 0.3) is 0 Å². The molecule has 0 atom stereocenters. The number of rotatable bonds is 6. The summed E-state index contributed by atoms with van der Waals surface area (Å²) in [5.41, 5.74) is 0. The van der Waals surface area contributed by atoms with E-state index >= 15 is 0 Å². The van der Waals surface area contributed by atoms with Crippen LogP contribution in [0.15, 0.2) is 12.4 Å².